The first-order valence-corrected chi connectivity index (χ1v) is 12.8. The molecule has 8 nitrogen and oxygen atoms in total. The van der Waals surface area contributed by atoms with Crippen LogP contribution in [0, 0.1) is 6.92 Å². The third-order valence-corrected chi connectivity index (χ3v) is 6.48. The molecule has 2 N–H and O–H groups in total. The summed E-state index contributed by atoms with van der Waals surface area (Å²) >= 11 is 0. The molecule has 1 aliphatic heterocycles. The molecular weight excluding hydrogens is 452 g/mol. The Labute approximate surface area is 212 Å². The second-order valence-corrected chi connectivity index (χ2v) is 9.36. The summed E-state index contributed by atoms with van der Waals surface area (Å²) in [5, 5.41) is 7.75. The molecule has 0 spiro atoms. The summed E-state index contributed by atoms with van der Waals surface area (Å²) < 4.78 is 11.6. The van der Waals surface area contributed by atoms with E-state index in [9.17, 15) is 0 Å². The van der Waals surface area contributed by atoms with Gasteiger partial charge in [-0.05, 0) is 43.0 Å². The van der Waals surface area contributed by atoms with Crippen LogP contribution in [0.2, 0.25) is 0 Å². The van der Waals surface area contributed by atoms with Crippen LogP contribution >= 0.6 is 0 Å². The van der Waals surface area contributed by atoms with Gasteiger partial charge in [-0.2, -0.15) is 15.1 Å². The van der Waals surface area contributed by atoms with E-state index in [1.165, 1.54) is 36.8 Å². The number of hydrogen-bond acceptors (Lipinski definition) is 8. The smallest absolute Gasteiger partial charge is 0.231 e. The number of rotatable bonds is 9. The van der Waals surface area contributed by atoms with Crippen molar-refractivity contribution in [3.8, 4) is 0 Å². The Balaban J connectivity index is 1.28. The minimum absolute atomic E-state index is 0.415. The molecule has 2 aromatic carbocycles. The molecule has 1 aliphatic carbocycles. The first-order chi connectivity index (χ1) is 17.7. The average Bonchev–Trinajstić information content (AvgIpc) is 3.43. The first kappa shape index (κ1) is 24.2. The summed E-state index contributed by atoms with van der Waals surface area (Å²) in [6, 6.07) is 18.4. The summed E-state index contributed by atoms with van der Waals surface area (Å²) in [5.74, 6) is 1.98. The summed E-state index contributed by atoms with van der Waals surface area (Å²) in [6.07, 6.45) is 7.14. The van der Waals surface area contributed by atoms with E-state index in [1.807, 2.05) is 30.3 Å². The fourth-order valence-electron chi connectivity index (χ4n) is 4.51. The van der Waals surface area contributed by atoms with Gasteiger partial charge in [0.1, 0.15) is 5.82 Å². The lowest BCUT2D eigenvalue weighted by Gasteiger charge is -2.28. The maximum atomic E-state index is 6.04. The number of nitrogens with one attached hydrogen (secondary N) is 2. The van der Waals surface area contributed by atoms with E-state index in [4.69, 9.17) is 14.5 Å². The van der Waals surface area contributed by atoms with Crippen molar-refractivity contribution in [2.75, 3.05) is 41.9 Å². The van der Waals surface area contributed by atoms with E-state index in [-0.39, 0.29) is 0 Å². The lowest BCUT2D eigenvalue weighted by atomic mass is 10.2. The van der Waals surface area contributed by atoms with Gasteiger partial charge >= 0.3 is 0 Å². The average molecular weight is 487 g/mol. The molecule has 1 saturated carbocycles. The second-order valence-electron chi connectivity index (χ2n) is 9.36. The van der Waals surface area contributed by atoms with Crippen LogP contribution in [0.3, 0.4) is 0 Å². The van der Waals surface area contributed by atoms with E-state index < -0.39 is 0 Å². The summed E-state index contributed by atoms with van der Waals surface area (Å²) in [4.78, 5) is 11.6. The number of ether oxygens (including phenoxy) is 2. The molecule has 0 bridgehead atoms. The van der Waals surface area contributed by atoms with Crippen LogP contribution in [-0.2, 0) is 16.1 Å². The highest BCUT2D eigenvalue weighted by Gasteiger charge is 2.16. The molecule has 0 amide bonds. The summed E-state index contributed by atoms with van der Waals surface area (Å²) in [7, 11) is 0. The molecule has 1 aromatic heterocycles. The number of nitrogens with zero attached hydrogens (tertiary/aromatic N) is 4. The Bertz CT molecular complexity index is 1150. The molecule has 2 aliphatic rings. The van der Waals surface area contributed by atoms with Crippen LogP contribution < -0.4 is 15.6 Å². The van der Waals surface area contributed by atoms with Crippen LogP contribution in [0.15, 0.2) is 59.7 Å². The molecular formula is C28H34N6O2. The molecule has 0 atom stereocenters. The van der Waals surface area contributed by atoms with Crippen LogP contribution in [0.1, 0.15) is 42.4 Å². The number of anilines is 4. The molecule has 0 unspecified atom stereocenters. The van der Waals surface area contributed by atoms with E-state index in [1.54, 1.807) is 6.21 Å². The van der Waals surface area contributed by atoms with E-state index in [2.05, 4.69) is 56.9 Å². The third-order valence-electron chi connectivity index (χ3n) is 6.48. The number of hydrazone groups is 1. The van der Waals surface area contributed by atoms with Crippen molar-refractivity contribution in [2.24, 2.45) is 5.10 Å². The third kappa shape index (κ3) is 6.80. The minimum Gasteiger partial charge on any atom is -0.378 e. The van der Waals surface area contributed by atoms with E-state index >= 15 is 0 Å². The number of hydrogen-bond donors (Lipinski definition) is 2. The van der Waals surface area contributed by atoms with Crippen molar-refractivity contribution < 1.29 is 9.47 Å². The first-order valence-electron chi connectivity index (χ1n) is 12.8. The number of morpholine rings is 1. The Morgan fingerprint density at radius 1 is 1.06 bits per heavy atom. The van der Waals surface area contributed by atoms with E-state index in [0.717, 1.165) is 30.2 Å². The highest BCUT2D eigenvalue weighted by atomic mass is 16.5. The summed E-state index contributed by atoms with van der Waals surface area (Å²) in [5.41, 5.74) is 7.39. The molecule has 3 aromatic rings. The Hall–Kier alpha value is -3.49. The van der Waals surface area contributed by atoms with Gasteiger partial charge in [0.05, 0.1) is 32.1 Å². The fraction of sp³-hybridized carbons (Fsp3) is 0.393. The standard InChI is InChI=1S/C28H34N6O2/c1-21-5-4-6-23(17-21)19-29-33-26-18-27(34-13-15-35-16-14-34)32-28(31-26)30-24-11-9-22(10-12-24)20-36-25-7-2-3-8-25/h4-6,9-12,17-19,25H,2-3,7-8,13-16,20H2,1H3,(H2,30,31,32,33). The van der Waals surface area contributed by atoms with Crippen molar-refractivity contribution in [3.05, 3.63) is 71.3 Å². The van der Waals surface area contributed by atoms with E-state index in [0.29, 0.717) is 37.7 Å². The van der Waals surface area contributed by atoms with Gasteiger partial charge in [0.15, 0.2) is 5.82 Å². The van der Waals surface area contributed by atoms with Crippen molar-refractivity contribution in [1.82, 2.24) is 9.97 Å². The van der Waals surface area contributed by atoms with Crippen LogP contribution in [0.4, 0.5) is 23.3 Å². The maximum absolute atomic E-state index is 6.04. The normalized spacial score (nSPS) is 16.5. The number of aromatic nitrogens is 2. The minimum atomic E-state index is 0.415. The van der Waals surface area contributed by atoms with Gasteiger partial charge < -0.3 is 19.7 Å². The van der Waals surface area contributed by atoms with Gasteiger partial charge in [0, 0.05) is 24.8 Å². The van der Waals surface area contributed by atoms with Crippen LogP contribution in [0.25, 0.3) is 0 Å². The zero-order valence-electron chi connectivity index (χ0n) is 20.8. The zero-order chi connectivity index (χ0) is 24.6. The van der Waals surface area contributed by atoms with Gasteiger partial charge in [0.2, 0.25) is 5.95 Å². The van der Waals surface area contributed by atoms with Crippen molar-refractivity contribution >= 4 is 29.5 Å². The fourth-order valence-corrected chi connectivity index (χ4v) is 4.51. The second kappa shape index (κ2) is 12.0. The van der Waals surface area contributed by atoms with Gasteiger partial charge in [-0.25, -0.2) is 0 Å². The number of aryl methyl sites for hydroxylation is 1. The molecule has 2 fully saturated rings. The molecule has 0 radical (unpaired) electrons. The van der Waals surface area contributed by atoms with Gasteiger partial charge in [-0.1, -0.05) is 54.8 Å². The molecule has 8 heteroatoms. The highest BCUT2D eigenvalue weighted by molar-refractivity contribution is 5.80. The topological polar surface area (TPSA) is 83.9 Å². The molecule has 1 saturated heterocycles. The Kier molecular flexibility index (Phi) is 8.05. The Morgan fingerprint density at radius 2 is 1.86 bits per heavy atom. The lowest BCUT2D eigenvalue weighted by Crippen LogP contribution is -2.36. The largest absolute Gasteiger partial charge is 0.378 e. The monoisotopic (exact) mass is 486 g/mol. The molecule has 5 rings (SSSR count). The van der Waals surface area contributed by atoms with Crippen LogP contribution in [0.5, 0.6) is 0 Å². The van der Waals surface area contributed by atoms with Gasteiger partial charge in [-0.15, -0.1) is 0 Å². The lowest BCUT2D eigenvalue weighted by molar-refractivity contribution is 0.0457. The predicted octanol–water partition coefficient (Wildman–Crippen LogP) is 5.27. The van der Waals surface area contributed by atoms with Crippen molar-refractivity contribution in [2.45, 2.75) is 45.3 Å². The Morgan fingerprint density at radius 3 is 2.64 bits per heavy atom. The SMILES string of the molecule is Cc1cccc(C=NNc2cc(N3CCOCC3)nc(Nc3ccc(COC4CCCC4)cc3)n2)c1. The zero-order valence-corrected chi connectivity index (χ0v) is 20.8. The quantitative estimate of drug-likeness (QED) is 0.315. The predicted molar refractivity (Wildman–Crippen MR) is 144 cm³/mol. The molecule has 188 valence electrons. The van der Waals surface area contributed by atoms with Crippen LogP contribution in [-0.4, -0.2) is 48.6 Å². The maximum Gasteiger partial charge on any atom is 0.231 e. The van der Waals surface area contributed by atoms with Gasteiger partial charge in [-0.3, -0.25) is 5.43 Å². The number of benzene rings is 2. The summed E-state index contributed by atoms with van der Waals surface area (Å²) in [6.45, 7) is 5.67. The molecule has 2 heterocycles. The molecule has 36 heavy (non-hydrogen) atoms. The van der Waals surface area contributed by atoms with Gasteiger partial charge in [0.25, 0.3) is 0 Å². The van der Waals surface area contributed by atoms with Crippen molar-refractivity contribution in [3.63, 3.8) is 0 Å². The highest BCUT2D eigenvalue weighted by Crippen LogP contribution is 2.24. The van der Waals surface area contributed by atoms with Crippen molar-refractivity contribution in [1.29, 1.82) is 0 Å².